The number of benzene rings is 2. The first-order chi connectivity index (χ1) is 18.9. The molecule has 0 aliphatic carbocycles. The monoisotopic (exact) mass is 629 g/mol. The average molecular weight is 630 g/mol. The van der Waals surface area contributed by atoms with Crippen molar-refractivity contribution in [3.63, 3.8) is 0 Å². The lowest BCUT2D eigenvalue weighted by Gasteiger charge is -2.13. The van der Waals surface area contributed by atoms with E-state index in [1.54, 1.807) is 43.3 Å². The highest BCUT2D eigenvalue weighted by Gasteiger charge is 2.22. The number of rotatable bonds is 7. The van der Waals surface area contributed by atoms with Gasteiger partial charge in [0, 0.05) is 16.7 Å². The van der Waals surface area contributed by atoms with E-state index in [4.69, 9.17) is 10.5 Å². The second-order valence-electron chi connectivity index (χ2n) is 8.43. The van der Waals surface area contributed by atoms with Crippen LogP contribution in [0.3, 0.4) is 0 Å². The number of anilines is 2. The predicted molar refractivity (Wildman–Crippen MR) is 153 cm³/mol. The van der Waals surface area contributed by atoms with E-state index in [9.17, 15) is 22.0 Å². The molecule has 2 heterocycles. The Kier molecular flexibility index (Phi) is 8.16. The van der Waals surface area contributed by atoms with E-state index in [0.29, 0.717) is 22.9 Å². The van der Waals surface area contributed by atoms with E-state index in [-0.39, 0.29) is 28.1 Å². The maximum absolute atomic E-state index is 14.2. The molecular weight excluding hydrogens is 608 g/mol. The van der Waals surface area contributed by atoms with E-state index in [2.05, 4.69) is 37.2 Å². The molecule has 0 spiro atoms. The Labute approximate surface area is 236 Å². The van der Waals surface area contributed by atoms with Crippen LogP contribution < -0.4 is 31.3 Å². The largest absolute Gasteiger partial charge is 0.480 e. The molecule has 206 valence electrons. The highest BCUT2D eigenvalue weighted by atomic mass is 79.9. The van der Waals surface area contributed by atoms with Crippen LogP contribution in [0.25, 0.3) is 23.9 Å². The summed E-state index contributed by atoms with van der Waals surface area (Å²) in [6, 6.07) is 10.5. The second-order valence-corrected chi connectivity index (χ2v) is 11.0. The van der Waals surface area contributed by atoms with Crippen molar-refractivity contribution >= 4 is 55.8 Å². The molecule has 0 radical (unpaired) electrons. The molecule has 40 heavy (non-hydrogen) atoms. The zero-order valence-electron chi connectivity index (χ0n) is 21.2. The van der Waals surface area contributed by atoms with Gasteiger partial charge in [0.2, 0.25) is 11.8 Å². The van der Waals surface area contributed by atoms with Crippen LogP contribution in [0.15, 0.2) is 75.0 Å². The molecule has 0 bridgehead atoms. The highest BCUT2D eigenvalue weighted by molar-refractivity contribution is 9.10. The summed E-state index contributed by atoms with van der Waals surface area (Å²) < 4.78 is 62.5. The van der Waals surface area contributed by atoms with Gasteiger partial charge in [-0.2, -0.15) is 0 Å². The number of pyridine rings is 1. The number of halogens is 3. The van der Waals surface area contributed by atoms with E-state index >= 15 is 0 Å². The predicted octanol–water partition coefficient (Wildman–Crippen LogP) is 3.35. The number of nitrogen functional groups attached to an aromatic ring is 1. The highest BCUT2D eigenvalue weighted by Crippen LogP contribution is 2.29. The van der Waals surface area contributed by atoms with Gasteiger partial charge >= 0.3 is 0 Å². The first-order valence-corrected chi connectivity index (χ1v) is 13.7. The van der Waals surface area contributed by atoms with Gasteiger partial charge in [0.15, 0.2) is 0 Å². The first-order valence-electron chi connectivity index (χ1n) is 11.5. The van der Waals surface area contributed by atoms with E-state index in [1.165, 1.54) is 23.9 Å². The minimum atomic E-state index is -4.45. The summed E-state index contributed by atoms with van der Waals surface area (Å²) in [6.45, 7) is 5.57. The maximum Gasteiger partial charge on any atom is 0.266 e. The third-order valence-electron chi connectivity index (χ3n) is 5.74. The normalized spacial score (nSPS) is 12.4. The minimum Gasteiger partial charge on any atom is -0.480 e. The van der Waals surface area contributed by atoms with Crippen LogP contribution in [0.5, 0.6) is 5.88 Å². The van der Waals surface area contributed by atoms with E-state index in [1.807, 2.05) is 0 Å². The number of nitrogens with two attached hydrogens (primary N) is 1. The molecule has 0 fully saturated rings. The Morgan fingerprint density at radius 3 is 2.52 bits per heavy atom. The number of allylic oxidation sites excluding steroid dienone is 2. The standard InChI is InChI=1S/C27H22BrF2N5O4S/c1-15(4-10-22-16(2)26(36)35(27(31)33-22)20-8-5-18(28)6-9-20)17-12-23(25(39-3)32-14-17)34-40(37,38)24-11-7-19(29)13-21(24)30/h4-14,34H,2H2,1,3H3,(H2,31,33). The molecule has 0 unspecified atom stereocenters. The summed E-state index contributed by atoms with van der Waals surface area (Å²) in [7, 11) is -3.16. The molecule has 0 atom stereocenters. The van der Waals surface area contributed by atoms with Crippen LogP contribution in [0.1, 0.15) is 12.5 Å². The average Bonchev–Trinajstić information content (AvgIpc) is 2.90. The fourth-order valence-corrected chi connectivity index (χ4v) is 5.04. The van der Waals surface area contributed by atoms with Crippen LogP contribution in [-0.2, 0) is 10.0 Å². The summed E-state index contributed by atoms with van der Waals surface area (Å²) in [4.78, 5) is 20.7. The first kappa shape index (κ1) is 28.6. The Hall–Kier alpha value is -4.36. The molecular formula is C27H22BrF2N5O4S. The summed E-state index contributed by atoms with van der Waals surface area (Å²) in [5, 5.41) is 0.355. The van der Waals surface area contributed by atoms with Crippen molar-refractivity contribution in [3.8, 4) is 11.6 Å². The molecule has 0 saturated carbocycles. The van der Waals surface area contributed by atoms with Crippen LogP contribution in [0, 0.1) is 11.6 Å². The van der Waals surface area contributed by atoms with Gasteiger partial charge in [-0.1, -0.05) is 28.6 Å². The molecule has 2 aromatic carbocycles. The number of hydrogen-bond acceptors (Lipinski definition) is 7. The zero-order chi connectivity index (χ0) is 29.2. The molecule has 2 aromatic heterocycles. The zero-order valence-corrected chi connectivity index (χ0v) is 23.6. The minimum absolute atomic E-state index is 0.0344. The lowest BCUT2D eigenvalue weighted by Crippen LogP contribution is -2.46. The van der Waals surface area contributed by atoms with Gasteiger partial charge in [-0.3, -0.25) is 9.52 Å². The topological polar surface area (TPSA) is 129 Å². The molecule has 4 aromatic rings. The van der Waals surface area contributed by atoms with E-state index in [0.717, 1.165) is 16.6 Å². The van der Waals surface area contributed by atoms with Crippen LogP contribution in [0.4, 0.5) is 20.4 Å². The van der Waals surface area contributed by atoms with Gasteiger partial charge in [0.1, 0.15) is 22.2 Å². The summed E-state index contributed by atoms with van der Waals surface area (Å²) >= 11 is 3.35. The number of methoxy groups -OCH3 is 1. The van der Waals surface area contributed by atoms with Gasteiger partial charge in [-0.05, 0) is 66.6 Å². The molecule has 0 aliphatic rings. The summed E-state index contributed by atoms with van der Waals surface area (Å²) in [5.74, 6) is -2.27. The van der Waals surface area contributed by atoms with Gasteiger partial charge in [-0.25, -0.2) is 31.7 Å². The third-order valence-corrected chi connectivity index (χ3v) is 7.67. The molecule has 9 nitrogen and oxygen atoms in total. The number of hydrogen-bond donors (Lipinski definition) is 2. The van der Waals surface area contributed by atoms with Crippen LogP contribution in [-0.4, -0.2) is 30.1 Å². The number of ether oxygens (including phenoxy) is 1. The van der Waals surface area contributed by atoms with Gasteiger partial charge in [0.25, 0.3) is 15.6 Å². The van der Waals surface area contributed by atoms with Gasteiger partial charge in [0.05, 0.1) is 23.4 Å². The molecule has 0 amide bonds. The Bertz CT molecular complexity index is 1930. The second kappa shape index (κ2) is 11.4. The number of nitrogens with zero attached hydrogens (tertiary/aromatic N) is 3. The fourth-order valence-electron chi connectivity index (χ4n) is 3.66. The van der Waals surface area contributed by atoms with Crippen molar-refractivity contribution in [2.75, 3.05) is 17.6 Å². The molecule has 0 aliphatic heterocycles. The molecule has 0 saturated heterocycles. The number of aromatic nitrogens is 3. The Morgan fingerprint density at radius 2 is 1.88 bits per heavy atom. The van der Waals surface area contributed by atoms with Crippen molar-refractivity contribution in [1.29, 1.82) is 0 Å². The Morgan fingerprint density at radius 1 is 1.18 bits per heavy atom. The van der Waals surface area contributed by atoms with Gasteiger partial charge < -0.3 is 10.5 Å². The van der Waals surface area contributed by atoms with E-state index < -0.39 is 32.1 Å². The van der Waals surface area contributed by atoms with Crippen molar-refractivity contribution in [2.45, 2.75) is 11.8 Å². The number of sulfonamides is 1. The SMILES string of the molecule is C=c1c(=CC=C(C)c2cnc(OC)c(NS(=O)(=O)c3ccc(F)cc3F)c2)nc(N)n(-c2ccc(Br)cc2)c1=O. The van der Waals surface area contributed by atoms with Crippen molar-refractivity contribution in [2.24, 2.45) is 0 Å². The lowest BCUT2D eigenvalue weighted by molar-refractivity contribution is 0.400. The van der Waals surface area contributed by atoms with Crippen LogP contribution >= 0.6 is 15.9 Å². The lowest BCUT2D eigenvalue weighted by atomic mass is 10.1. The Balaban J connectivity index is 1.71. The molecule has 3 N–H and O–H groups in total. The number of nitrogens with one attached hydrogen (secondary N) is 1. The summed E-state index contributed by atoms with van der Waals surface area (Å²) in [5.41, 5.74) is 7.17. The molecule has 4 rings (SSSR count). The maximum atomic E-state index is 14.2. The molecule has 13 heteroatoms. The van der Waals surface area contributed by atoms with Crippen molar-refractivity contribution < 1.29 is 21.9 Å². The fraction of sp³-hybridized carbons (Fsp3) is 0.0741. The van der Waals surface area contributed by atoms with Gasteiger partial charge in [-0.15, -0.1) is 0 Å². The smallest absolute Gasteiger partial charge is 0.266 e. The van der Waals surface area contributed by atoms with Crippen molar-refractivity contribution in [3.05, 3.63) is 103 Å². The quantitative estimate of drug-likeness (QED) is 0.321. The van der Waals surface area contributed by atoms with Crippen molar-refractivity contribution in [1.82, 2.24) is 14.5 Å². The third kappa shape index (κ3) is 5.95. The summed E-state index contributed by atoms with van der Waals surface area (Å²) in [6.07, 6.45) is 4.61. The van der Waals surface area contributed by atoms with Crippen LogP contribution in [0.2, 0.25) is 0 Å².